The van der Waals surface area contributed by atoms with Crippen LogP contribution in [0.5, 0.6) is 0 Å². The molecule has 23 heavy (non-hydrogen) atoms. The number of β-amino-alcohol motifs (C(OH)–C–C–N with tert-alkyl or cyclic N) is 1. The number of piperidine rings is 1. The van der Waals surface area contributed by atoms with Crippen LogP contribution < -0.4 is 5.32 Å². The van der Waals surface area contributed by atoms with Gasteiger partial charge in [0.05, 0.1) is 12.0 Å². The van der Waals surface area contributed by atoms with Gasteiger partial charge in [-0.15, -0.1) is 0 Å². The number of carbonyl (C=O) groups is 1. The van der Waals surface area contributed by atoms with Gasteiger partial charge in [-0.1, -0.05) is 0 Å². The van der Waals surface area contributed by atoms with Crippen molar-refractivity contribution in [3.8, 4) is 0 Å². The number of aliphatic hydroxyl groups is 1. The minimum atomic E-state index is -1.10. The van der Waals surface area contributed by atoms with Gasteiger partial charge in [0.15, 0.2) is 0 Å². The van der Waals surface area contributed by atoms with Gasteiger partial charge in [-0.2, -0.15) is 0 Å². The predicted octanol–water partition coefficient (Wildman–Crippen LogP) is 1.99. The number of halogens is 2. The lowest BCUT2D eigenvalue weighted by Crippen LogP contribution is -2.44. The van der Waals surface area contributed by atoms with Crippen molar-refractivity contribution in [2.45, 2.75) is 37.8 Å². The molecule has 0 radical (unpaired) electrons. The van der Waals surface area contributed by atoms with E-state index in [1.807, 2.05) is 4.90 Å². The third kappa shape index (κ3) is 4.26. The first-order valence-electron chi connectivity index (χ1n) is 8.18. The van der Waals surface area contributed by atoms with Crippen LogP contribution >= 0.6 is 0 Å². The summed E-state index contributed by atoms with van der Waals surface area (Å²) < 4.78 is 27.0. The highest BCUT2D eigenvalue weighted by Gasteiger charge is 2.31. The average molecular weight is 324 g/mol. The number of nitrogens with zero attached hydrogens (tertiary/aromatic N) is 1. The highest BCUT2D eigenvalue weighted by atomic mass is 19.1. The Labute approximate surface area is 134 Å². The third-order valence-corrected chi connectivity index (χ3v) is 4.55. The second-order valence-corrected chi connectivity index (χ2v) is 6.56. The maximum atomic E-state index is 13.7. The molecule has 0 spiro atoms. The molecule has 2 atom stereocenters. The number of likely N-dealkylation sites (tertiary alicyclic amines) is 1. The fourth-order valence-electron chi connectivity index (χ4n) is 3.09. The highest BCUT2D eigenvalue weighted by molar-refractivity contribution is 5.79. The summed E-state index contributed by atoms with van der Waals surface area (Å²) in [5.74, 6) is -1.20. The monoisotopic (exact) mass is 324 g/mol. The zero-order chi connectivity index (χ0) is 16.4. The quantitative estimate of drug-likeness (QED) is 0.871. The van der Waals surface area contributed by atoms with Gasteiger partial charge in [0.2, 0.25) is 5.91 Å². The molecule has 3 rings (SSSR count). The van der Waals surface area contributed by atoms with Crippen molar-refractivity contribution in [3.63, 3.8) is 0 Å². The Bertz CT molecular complexity index is 578. The Morgan fingerprint density at radius 2 is 2.13 bits per heavy atom. The molecule has 1 saturated heterocycles. The summed E-state index contributed by atoms with van der Waals surface area (Å²) in [7, 11) is 0. The molecule has 1 saturated carbocycles. The molecule has 2 fully saturated rings. The lowest BCUT2D eigenvalue weighted by atomic mass is 9.96. The molecule has 0 bridgehead atoms. The van der Waals surface area contributed by atoms with Crippen LogP contribution in [0, 0.1) is 17.6 Å². The van der Waals surface area contributed by atoms with Gasteiger partial charge in [-0.25, -0.2) is 8.78 Å². The first-order valence-corrected chi connectivity index (χ1v) is 8.18. The highest BCUT2D eigenvalue weighted by Crippen LogP contribution is 2.24. The number of hydrogen-bond acceptors (Lipinski definition) is 3. The molecule has 6 heteroatoms. The van der Waals surface area contributed by atoms with Gasteiger partial charge in [-0.3, -0.25) is 9.69 Å². The first kappa shape index (κ1) is 16.3. The van der Waals surface area contributed by atoms with Crippen LogP contribution in [0.25, 0.3) is 0 Å². The minimum Gasteiger partial charge on any atom is -0.387 e. The smallest absolute Gasteiger partial charge is 0.224 e. The molecule has 126 valence electrons. The standard InChI is InChI=1S/C17H22F2N2O2/c18-12-3-6-15(19)14(8-12)16(22)10-21-7-1-2-11(9-21)17(23)20-13-4-5-13/h3,6,8,11,13,16,22H,1-2,4-5,7,9-10H2,(H,20,23). The van der Waals surface area contributed by atoms with Crippen molar-refractivity contribution < 1.29 is 18.7 Å². The van der Waals surface area contributed by atoms with E-state index in [1.165, 1.54) is 0 Å². The topological polar surface area (TPSA) is 52.6 Å². The van der Waals surface area contributed by atoms with E-state index in [0.29, 0.717) is 12.6 Å². The second-order valence-electron chi connectivity index (χ2n) is 6.56. The fraction of sp³-hybridized carbons (Fsp3) is 0.588. The van der Waals surface area contributed by atoms with Crippen LogP contribution in [0.15, 0.2) is 18.2 Å². The maximum absolute atomic E-state index is 13.7. The molecule has 2 unspecified atom stereocenters. The molecule has 1 amide bonds. The van der Waals surface area contributed by atoms with Gasteiger partial charge in [0.1, 0.15) is 11.6 Å². The fourth-order valence-corrected chi connectivity index (χ4v) is 3.09. The Balaban J connectivity index is 1.58. The summed E-state index contributed by atoms with van der Waals surface area (Å²) in [6, 6.07) is 3.42. The van der Waals surface area contributed by atoms with Gasteiger partial charge in [0.25, 0.3) is 0 Å². The van der Waals surface area contributed by atoms with Crippen LogP contribution in [0.2, 0.25) is 0 Å². The van der Waals surface area contributed by atoms with Crippen LogP contribution in [-0.4, -0.2) is 41.6 Å². The van der Waals surface area contributed by atoms with Crippen molar-refractivity contribution in [1.29, 1.82) is 0 Å². The van der Waals surface area contributed by atoms with Crippen LogP contribution in [0.4, 0.5) is 8.78 Å². The molecule has 2 N–H and O–H groups in total. The zero-order valence-electron chi connectivity index (χ0n) is 13.0. The van der Waals surface area contributed by atoms with E-state index >= 15 is 0 Å². The average Bonchev–Trinajstić information content (AvgIpc) is 3.34. The van der Waals surface area contributed by atoms with Crippen molar-refractivity contribution in [1.82, 2.24) is 10.2 Å². The number of carbonyl (C=O) groups excluding carboxylic acids is 1. The molecule has 1 aliphatic heterocycles. The number of rotatable bonds is 5. The summed E-state index contributed by atoms with van der Waals surface area (Å²) in [6.45, 7) is 1.50. The van der Waals surface area contributed by atoms with E-state index in [-0.39, 0.29) is 23.9 Å². The van der Waals surface area contributed by atoms with Crippen molar-refractivity contribution >= 4 is 5.91 Å². The molecule has 1 aromatic carbocycles. The van der Waals surface area contributed by atoms with E-state index in [9.17, 15) is 18.7 Å². The maximum Gasteiger partial charge on any atom is 0.224 e. The van der Waals surface area contributed by atoms with E-state index in [0.717, 1.165) is 50.4 Å². The lowest BCUT2D eigenvalue weighted by molar-refractivity contribution is -0.127. The van der Waals surface area contributed by atoms with Crippen molar-refractivity contribution in [3.05, 3.63) is 35.4 Å². The third-order valence-electron chi connectivity index (χ3n) is 4.55. The summed E-state index contributed by atoms with van der Waals surface area (Å²) in [5.41, 5.74) is -0.0328. The van der Waals surface area contributed by atoms with E-state index in [2.05, 4.69) is 5.32 Å². The Morgan fingerprint density at radius 1 is 1.35 bits per heavy atom. The summed E-state index contributed by atoms with van der Waals surface area (Å²) in [5, 5.41) is 13.2. The summed E-state index contributed by atoms with van der Waals surface area (Å²) >= 11 is 0. The van der Waals surface area contributed by atoms with Gasteiger partial charge in [-0.05, 0) is 50.4 Å². The summed E-state index contributed by atoms with van der Waals surface area (Å²) in [6.07, 6.45) is 2.70. The number of hydrogen-bond donors (Lipinski definition) is 2. The number of benzene rings is 1. The largest absolute Gasteiger partial charge is 0.387 e. The van der Waals surface area contributed by atoms with E-state index in [1.54, 1.807) is 0 Å². The predicted molar refractivity (Wildman–Crippen MR) is 81.6 cm³/mol. The molecule has 1 heterocycles. The van der Waals surface area contributed by atoms with E-state index in [4.69, 9.17) is 0 Å². The molecule has 2 aliphatic rings. The number of nitrogens with one attached hydrogen (secondary N) is 1. The normalized spacial score (nSPS) is 23.5. The van der Waals surface area contributed by atoms with Crippen LogP contribution in [0.1, 0.15) is 37.4 Å². The Morgan fingerprint density at radius 3 is 2.87 bits per heavy atom. The Hall–Kier alpha value is -1.53. The zero-order valence-corrected chi connectivity index (χ0v) is 13.0. The molecule has 4 nitrogen and oxygen atoms in total. The van der Waals surface area contributed by atoms with Crippen LogP contribution in [0.3, 0.4) is 0 Å². The SMILES string of the molecule is O=C(NC1CC1)C1CCCN(CC(O)c2cc(F)ccc2F)C1. The lowest BCUT2D eigenvalue weighted by Gasteiger charge is -2.33. The van der Waals surface area contributed by atoms with E-state index < -0.39 is 17.7 Å². The molecule has 0 aromatic heterocycles. The second kappa shape index (κ2) is 6.93. The molecular formula is C17H22F2N2O2. The molecule has 1 aliphatic carbocycles. The Kier molecular flexibility index (Phi) is 4.92. The summed E-state index contributed by atoms with van der Waals surface area (Å²) in [4.78, 5) is 14.1. The van der Waals surface area contributed by atoms with Gasteiger partial charge >= 0.3 is 0 Å². The molecular weight excluding hydrogens is 302 g/mol. The number of amides is 1. The first-order chi connectivity index (χ1) is 11.0. The minimum absolute atomic E-state index is 0.0328. The van der Waals surface area contributed by atoms with Crippen molar-refractivity contribution in [2.24, 2.45) is 5.92 Å². The van der Waals surface area contributed by atoms with Crippen molar-refractivity contribution in [2.75, 3.05) is 19.6 Å². The van der Waals surface area contributed by atoms with Gasteiger partial charge in [0, 0.05) is 24.7 Å². The molecule has 1 aromatic rings. The van der Waals surface area contributed by atoms with Gasteiger partial charge < -0.3 is 10.4 Å². The number of aliphatic hydroxyl groups excluding tert-OH is 1. The van der Waals surface area contributed by atoms with Crippen LogP contribution in [-0.2, 0) is 4.79 Å².